The van der Waals surface area contributed by atoms with Gasteiger partial charge in [-0.15, -0.1) is 0 Å². The molecule has 6 nitrogen and oxygen atoms in total. The summed E-state index contributed by atoms with van der Waals surface area (Å²) in [7, 11) is 0. The number of aryl methyl sites for hydroxylation is 3. The molecule has 1 aliphatic heterocycles. The van der Waals surface area contributed by atoms with Crippen LogP contribution in [0.4, 0.5) is 5.82 Å². The molecule has 0 fully saturated rings. The number of aromatic nitrogens is 3. The van der Waals surface area contributed by atoms with Crippen LogP contribution in [0.1, 0.15) is 46.1 Å². The fraction of sp³-hybridized carbons (Fsp3) is 0.286. The van der Waals surface area contributed by atoms with Gasteiger partial charge in [-0.3, -0.25) is 9.78 Å². The van der Waals surface area contributed by atoms with Crippen LogP contribution in [0.3, 0.4) is 0 Å². The molecule has 3 heterocycles. The van der Waals surface area contributed by atoms with Crippen molar-refractivity contribution >= 4 is 11.7 Å². The highest BCUT2D eigenvalue weighted by atomic mass is 16.3. The highest BCUT2D eigenvalue weighted by Crippen LogP contribution is 2.41. The van der Waals surface area contributed by atoms with E-state index >= 15 is 0 Å². The highest BCUT2D eigenvalue weighted by Gasteiger charge is 2.34. The maximum Gasteiger partial charge on any atom is 0.226 e. The maximum absolute atomic E-state index is 12.4. The van der Waals surface area contributed by atoms with Gasteiger partial charge < -0.3 is 10.4 Å². The van der Waals surface area contributed by atoms with Gasteiger partial charge in [0.15, 0.2) is 0 Å². The fourth-order valence-electron chi connectivity index (χ4n) is 3.77. The standard InChI is InChI=1S/C21H22N4O2/c1-12-5-4-6-15(9-12)11-25-21-19(14(3)24-25)16(10-18(27)23-21)20-17(26)8-7-13(2)22-20/h4-9,16,26H,10-11H2,1-3H3,(H,23,27). The number of rotatable bonds is 3. The molecule has 1 atom stereocenters. The van der Waals surface area contributed by atoms with Crippen molar-refractivity contribution in [1.29, 1.82) is 0 Å². The highest BCUT2D eigenvalue weighted by molar-refractivity contribution is 5.94. The first-order valence-corrected chi connectivity index (χ1v) is 9.01. The molecule has 0 spiro atoms. The Kier molecular flexibility index (Phi) is 4.18. The van der Waals surface area contributed by atoms with Crippen molar-refractivity contribution in [3.63, 3.8) is 0 Å². The number of nitrogens with one attached hydrogen (secondary N) is 1. The minimum absolute atomic E-state index is 0.0967. The van der Waals surface area contributed by atoms with Gasteiger partial charge in [-0.25, -0.2) is 4.68 Å². The predicted octanol–water partition coefficient (Wildman–Crippen LogP) is 3.43. The van der Waals surface area contributed by atoms with Crippen molar-refractivity contribution < 1.29 is 9.90 Å². The SMILES string of the molecule is Cc1cccc(Cn2nc(C)c3c2NC(=O)CC3c2nc(C)ccc2O)c1. The molecule has 6 heteroatoms. The Balaban J connectivity index is 1.80. The first-order valence-electron chi connectivity index (χ1n) is 9.01. The van der Waals surface area contributed by atoms with Crippen molar-refractivity contribution in [3.05, 3.63) is 70.2 Å². The number of nitrogens with zero attached hydrogens (tertiary/aromatic N) is 3. The number of carbonyl (C=O) groups is 1. The van der Waals surface area contributed by atoms with E-state index in [-0.39, 0.29) is 24.0 Å². The molecule has 1 aromatic carbocycles. The molecule has 138 valence electrons. The van der Waals surface area contributed by atoms with E-state index in [1.165, 1.54) is 5.56 Å². The fourth-order valence-corrected chi connectivity index (χ4v) is 3.77. The zero-order chi connectivity index (χ0) is 19.1. The molecule has 1 amide bonds. The van der Waals surface area contributed by atoms with E-state index in [4.69, 9.17) is 0 Å². The van der Waals surface area contributed by atoms with Crippen LogP contribution in [0.25, 0.3) is 0 Å². The Morgan fingerprint density at radius 1 is 1.22 bits per heavy atom. The number of anilines is 1. The normalized spacial score (nSPS) is 16.1. The summed E-state index contributed by atoms with van der Waals surface area (Å²) < 4.78 is 1.83. The summed E-state index contributed by atoms with van der Waals surface area (Å²) in [4.78, 5) is 16.9. The molecule has 2 N–H and O–H groups in total. The molecule has 0 bridgehead atoms. The Morgan fingerprint density at radius 3 is 2.81 bits per heavy atom. The van der Waals surface area contributed by atoms with E-state index in [2.05, 4.69) is 34.5 Å². The Bertz CT molecular complexity index is 1040. The zero-order valence-corrected chi connectivity index (χ0v) is 15.7. The average Bonchev–Trinajstić information content (AvgIpc) is 2.92. The monoisotopic (exact) mass is 362 g/mol. The number of benzene rings is 1. The van der Waals surface area contributed by atoms with Crippen molar-refractivity contribution in [2.45, 2.75) is 39.7 Å². The Morgan fingerprint density at radius 2 is 2.04 bits per heavy atom. The van der Waals surface area contributed by atoms with Crippen LogP contribution < -0.4 is 5.32 Å². The lowest BCUT2D eigenvalue weighted by molar-refractivity contribution is -0.116. The van der Waals surface area contributed by atoms with Crippen LogP contribution in [0.2, 0.25) is 0 Å². The first kappa shape index (κ1) is 17.3. The molecule has 0 saturated heterocycles. The predicted molar refractivity (Wildman–Crippen MR) is 103 cm³/mol. The summed E-state index contributed by atoms with van der Waals surface area (Å²) in [6.45, 7) is 6.43. The second kappa shape index (κ2) is 6.54. The zero-order valence-electron chi connectivity index (χ0n) is 15.7. The van der Waals surface area contributed by atoms with Gasteiger partial charge in [0.25, 0.3) is 0 Å². The molecule has 0 aliphatic carbocycles. The van der Waals surface area contributed by atoms with Gasteiger partial charge in [0.05, 0.1) is 17.9 Å². The van der Waals surface area contributed by atoms with Crippen LogP contribution >= 0.6 is 0 Å². The van der Waals surface area contributed by atoms with Gasteiger partial charge in [0, 0.05) is 23.6 Å². The minimum atomic E-state index is -0.306. The minimum Gasteiger partial charge on any atom is -0.506 e. The van der Waals surface area contributed by atoms with Crippen LogP contribution in [-0.2, 0) is 11.3 Å². The van der Waals surface area contributed by atoms with E-state index in [0.29, 0.717) is 18.1 Å². The molecule has 27 heavy (non-hydrogen) atoms. The summed E-state index contributed by atoms with van der Waals surface area (Å²) in [6.07, 6.45) is 0.244. The first-order chi connectivity index (χ1) is 12.9. The van der Waals surface area contributed by atoms with E-state index in [0.717, 1.165) is 22.5 Å². The van der Waals surface area contributed by atoms with Crippen molar-refractivity contribution in [2.24, 2.45) is 0 Å². The van der Waals surface area contributed by atoms with Gasteiger partial charge in [0.1, 0.15) is 11.6 Å². The van der Waals surface area contributed by atoms with Crippen molar-refractivity contribution in [2.75, 3.05) is 5.32 Å². The molecule has 2 aromatic heterocycles. The third-order valence-corrected chi connectivity index (χ3v) is 4.96. The number of pyridine rings is 1. The topological polar surface area (TPSA) is 80.0 Å². The lowest BCUT2D eigenvalue weighted by Crippen LogP contribution is -2.26. The average molecular weight is 362 g/mol. The summed E-state index contributed by atoms with van der Waals surface area (Å²) in [5.41, 5.74) is 5.40. The number of carbonyl (C=O) groups excluding carboxylic acids is 1. The number of aromatic hydroxyl groups is 1. The lowest BCUT2D eigenvalue weighted by atomic mass is 9.88. The second-order valence-electron chi connectivity index (χ2n) is 7.16. The van der Waals surface area contributed by atoms with Gasteiger partial charge in [0.2, 0.25) is 5.91 Å². The smallest absolute Gasteiger partial charge is 0.226 e. The van der Waals surface area contributed by atoms with Gasteiger partial charge in [-0.2, -0.15) is 5.10 Å². The molecule has 4 rings (SSSR count). The number of fused-ring (bicyclic) bond motifs is 1. The molecule has 1 aliphatic rings. The van der Waals surface area contributed by atoms with Crippen molar-refractivity contribution in [1.82, 2.24) is 14.8 Å². The Hall–Kier alpha value is -3.15. The third kappa shape index (κ3) is 3.18. The summed E-state index contributed by atoms with van der Waals surface area (Å²) in [5, 5.41) is 18.0. The number of hydrogen-bond acceptors (Lipinski definition) is 4. The van der Waals surface area contributed by atoms with Crippen molar-refractivity contribution in [3.8, 4) is 5.75 Å². The van der Waals surface area contributed by atoms with Gasteiger partial charge in [-0.05, 0) is 38.5 Å². The molecule has 3 aromatic rings. The summed E-state index contributed by atoms with van der Waals surface area (Å²) >= 11 is 0. The number of amides is 1. The Labute approximate surface area is 157 Å². The van der Waals surface area contributed by atoms with E-state index in [1.807, 2.05) is 30.7 Å². The van der Waals surface area contributed by atoms with Gasteiger partial charge in [-0.1, -0.05) is 29.8 Å². The largest absolute Gasteiger partial charge is 0.506 e. The second-order valence-corrected chi connectivity index (χ2v) is 7.16. The number of hydrogen-bond donors (Lipinski definition) is 2. The molecule has 0 radical (unpaired) electrons. The van der Waals surface area contributed by atoms with Crippen LogP contribution in [0.15, 0.2) is 36.4 Å². The van der Waals surface area contributed by atoms with E-state index in [9.17, 15) is 9.90 Å². The summed E-state index contributed by atoms with van der Waals surface area (Å²) in [5.74, 6) is 0.399. The molecular weight excluding hydrogens is 340 g/mol. The lowest BCUT2D eigenvalue weighted by Gasteiger charge is -2.24. The van der Waals surface area contributed by atoms with E-state index in [1.54, 1.807) is 12.1 Å². The van der Waals surface area contributed by atoms with E-state index < -0.39 is 0 Å². The molecule has 1 unspecified atom stereocenters. The van der Waals surface area contributed by atoms with Crippen LogP contribution in [0.5, 0.6) is 5.75 Å². The molecule has 0 saturated carbocycles. The summed E-state index contributed by atoms with van der Waals surface area (Å²) in [6, 6.07) is 11.6. The molecular formula is C21H22N4O2. The van der Waals surface area contributed by atoms with Gasteiger partial charge >= 0.3 is 0 Å². The maximum atomic E-state index is 12.4. The third-order valence-electron chi connectivity index (χ3n) is 4.96. The van der Waals surface area contributed by atoms with Crippen LogP contribution in [0, 0.1) is 20.8 Å². The quantitative estimate of drug-likeness (QED) is 0.748. The van der Waals surface area contributed by atoms with Crippen LogP contribution in [-0.4, -0.2) is 25.8 Å².